The summed E-state index contributed by atoms with van der Waals surface area (Å²) < 4.78 is 2.25. The van der Waals surface area contributed by atoms with Crippen molar-refractivity contribution in [2.24, 2.45) is 5.92 Å². The van der Waals surface area contributed by atoms with Gasteiger partial charge in [0.05, 0.1) is 23.9 Å². The molecule has 28 heavy (non-hydrogen) atoms. The van der Waals surface area contributed by atoms with E-state index in [1.807, 2.05) is 13.1 Å². The van der Waals surface area contributed by atoms with Crippen LogP contribution in [0, 0.1) is 5.92 Å². The highest BCUT2D eigenvalue weighted by Gasteiger charge is 2.33. The zero-order chi connectivity index (χ0) is 19.1. The van der Waals surface area contributed by atoms with E-state index >= 15 is 0 Å². The molecule has 3 heterocycles. The van der Waals surface area contributed by atoms with Crippen molar-refractivity contribution in [2.75, 3.05) is 29.9 Å². The van der Waals surface area contributed by atoms with Gasteiger partial charge >= 0.3 is 0 Å². The SMILES string of the molecule is CN(C(=O)C1CC1)c1cnc2nc(N3CCCC3)n(Cc3ccccc3)c2c1. The smallest absolute Gasteiger partial charge is 0.229 e. The van der Waals surface area contributed by atoms with Crippen molar-refractivity contribution in [1.29, 1.82) is 0 Å². The Labute approximate surface area is 164 Å². The summed E-state index contributed by atoms with van der Waals surface area (Å²) in [7, 11) is 1.85. The third-order valence-corrected chi connectivity index (χ3v) is 5.79. The molecule has 0 unspecified atom stereocenters. The third-order valence-electron chi connectivity index (χ3n) is 5.79. The Balaban J connectivity index is 1.58. The number of benzene rings is 1. The van der Waals surface area contributed by atoms with Crippen LogP contribution in [-0.4, -0.2) is 40.6 Å². The molecule has 0 N–H and O–H groups in total. The fourth-order valence-electron chi connectivity index (χ4n) is 3.98. The topological polar surface area (TPSA) is 54.3 Å². The minimum atomic E-state index is 0.190. The van der Waals surface area contributed by atoms with Gasteiger partial charge in [0, 0.05) is 26.1 Å². The minimum absolute atomic E-state index is 0.190. The number of nitrogens with zero attached hydrogens (tertiary/aromatic N) is 5. The van der Waals surface area contributed by atoms with Gasteiger partial charge in [-0.15, -0.1) is 0 Å². The summed E-state index contributed by atoms with van der Waals surface area (Å²) in [6.07, 6.45) is 6.18. The summed E-state index contributed by atoms with van der Waals surface area (Å²) in [5.74, 6) is 1.36. The average Bonchev–Trinajstić information content (AvgIpc) is 3.32. The van der Waals surface area contributed by atoms with Gasteiger partial charge in [-0.2, -0.15) is 4.98 Å². The molecule has 1 amide bonds. The molecule has 6 heteroatoms. The number of hydrogen-bond donors (Lipinski definition) is 0. The third kappa shape index (κ3) is 3.13. The second-order valence-corrected chi connectivity index (χ2v) is 7.89. The highest BCUT2D eigenvalue weighted by Crippen LogP contribution is 2.33. The molecule has 6 nitrogen and oxygen atoms in total. The van der Waals surface area contributed by atoms with Gasteiger partial charge in [-0.25, -0.2) is 4.98 Å². The van der Waals surface area contributed by atoms with Crippen LogP contribution in [0.25, 0.3) is 11.2 Å². The Hall–Kier alpha value is -2.89. The van der Waals surface area contributed by atoms with E-state index in [0.717, 1.165) is 55.3 Å². The molecule has 0 spiro atoms. The molecule has 2 aromatic heterocycles. The normalized spacial score (nSPS) is 16.7. The number of aromatic nitrogens is 3. The molecule has 1 aromatic carbocycles. The van der Waals surface area contributed by atoms with Gasteiger partial charge in [-0.1, -0.05) is 30.3 Å². The molecule has 1 aliphatic heterocycles. The molecule has 5 rings (SSSR count). The molecular weight excluding hydrogens is 350 g/mol. The Morgan fingerprint density at radius 3 is 2.64 bits per heavy atom. The number of amides is 1. The molecule has 0 bridgehead atoms. The maximum atomic E-state index is 12.5. The van der Waals surface area contributed by atoms with E-state index in [2.05, 4.69) is 44.8 Å². The Morgan fingerprint density at radius 2 is 1.93 bits per heavy atom. The maximum Gasteiger partial charge on any atom is 0.229 e. The second kappa shape index (κ2) is 6.93. The van der Waals surface area contributed by atoms with Crippen LogP contribution >= 0.6 is 0 Å². The highest BCUT2D eigenvalue weighted by molar-refractivity contribution is 5.97. The van der Waals surface area contributed by atoms with Crippen molar-refractivity contribution in [1.82, 2.24) is 14.5 Å². The van der Waals surface area contributed by atoms with E-state index < -0.39 is 0 Å². The lowest BCUT2D eigenvalue weighted by Gasteiger charge is -2.19. The van der Waals surface area contributed by atoms with Crippen LogP contribution in [0.4, 0.5) is 11.6 Å². The summed E-state index contributed by atoms with van der Waals surface area (Å²) in [4.78, 5) is 26.1. The minimum Gasteiger partial charge on any atom is -0.342 e. The lowest BCUT2D eigenvalue weighted by molar-refractivity contribution is -0.119. The number of carbonyl (C=O) groups excluding carboxylic acids is 1. The lowest BCUT2D eigenvalue weighted by atomic mass is 10.2. The quantitative estimate of drug-likeness (QED) is 0.685. The Morgan fingerprint density at radius 1 is 1.18 bits per heavy atom. The molecule has 3 aromatic rings. The van der Waals surface area contributed by atoms with E-state index in [1.54, 1.807) is 11.1 Å². The fourth-order valence-corrected chi connectivity index (χ4v) is 3.98. The van der Waals surface area contributed by atoms with Gasteiger partial charge < -0.3 is 14.4 Å². The van der Waals surface area contributed by atoms with E-state index in [4.69, 9.17) is 4.98 Å². The first-order chi connectivity index (χ1) is 13.7. The first kappa shape index (κ1) is 17.2. The standard InChI is InChI=1S/C22H25N5O/c1-25(21(28)17-9-10-17)18-13-19-20(23-14-18)24-22(26-11-5-6-12-26)27(19)15-16-7-3-2-4-8-16/h2-4,7-8,13-14,17H,5-6,9-12,15H2,1H3. The van der Waals surface area contributed by atoms with Gasteiger partial charge in [0.2, 0.25) is 11.9 Å². The number of pyridine rings is 1. The molecule has 0 atom stereocenters. The van der Waals surface area contributed by atoms with E-state index in [-0.39, 0.29) is 11.8 Å². The molecule has 0 radical (unpaired) electrons. The number of rotatable bonds is 5. The molecule has 2 fully saturated rings. The van der Waals surface area contributed by atoms with Crippen molar-refractivity contribution in [3.05, 3.63) is 48.2 Å². The Kier molecular flexibility index (Phi) is 4.26. The second-order valence-electron chi connectivity index (χ2n) is 7.89. The summed E-state index contributed by atoms with van der Waals surface area (Å²) in [6, 6.07) is 12.5. The largest absolute Gasteiger partial charge is 0.342 e. The van der Waals surface area contributed by atoms with E-state index in [9.17, 15) is 4.79 Å². The first-order valence-electron chi connectivity index (χ1n) is 10.1. The molecule has 1 saturated heterocycles. The van der Waals surface area contributed by atoms with Crippen LogP contribution in [0.1, 0.15) is 31.2 Å². The number of hydrogen-bond acceptors (Lipinski definition) is 4. The summed E-state index contributed by atoms with van der Waals surface area (Å²) in [6.45, 7) is 2.81. The van der Waals surface area contributed by atoms with Gasteiger partial charge in [0.15, 0.2) is 5.65 Å². The maximum absolute atomic E-state index is 12.5. The van der Waals surface area contributed by atoms with Gasteiger partial charge in [0.1, 0.15) is 0 Å². The fraction of sp³-hybridized carbons (Fsp3) is 0.409. The zero-order valence-electron chi connectivity index (χ0n) is 16.2. The number of carbonyl (C=O) groups is 1. The molecule has 2 aliphatic rings. The zero-order valence-corrected chi connectivity index (χ0v) is 16.2. The van der Waals surface area contributed by atoms with Crippen LogP contribution in [0.15, 0.2) is 42.6 Å². The van der Waals surface area contributed by atoms with Crippen molar-refractivity contribution in [2.45, 2.75) is 32.2 Å². The molecule has 1 saturated carbocycles. The lowest BCUT2D eigenvalue weighted by Crippen LogP contribution is -2.27. The van der Waals surface area contributed by atoms with Gasteiger partial charge in [-0.3, -0.25) is 4.79 Å². The molecular formula is C22H25N5O. The summed E-state index contributed by atoms with van der Waals surface area (Å²) >= 11 is 0. The van der Waals surface area contributed by atoms with Crippen molar-refractivity contribution >= 4 is 28.7 Å². The van der Waals surface area contributed by atoms with Crippen LogP contribution < -0.4 is 9.80 Å². The van der Waals surface area contributed by atoms with Gasteiger partial charge in [-0.05, 0) is 37.3 Å². The highest BCUT2D eigenvalue weighted by atomic mass is 16.2. The van der Waals surface area contributed by atoms with Crippen LogP contribution in [0.5, 0.6) is 0 Å². The van der Waals surface area contributed by atoms with Crippen LogP contribution in [-0.2, 0) is 11.3 Å². The van der Waals surface area contributed by atoms with E-state index in [1.165, 1.54) is 18.4 Å². The van der Waals surface area contributed by atoms with E-state index in [0.29, 0.717) is 0 Å². The summed E-state index contributed by atoms with van der Waals surface area (Å²) in [5.41, 5.74) is 3.80. The monoisotopic (exact) mass is 375 g/mol. The number of anilines is 2. The first-order valence-corrected chi connectivity index (χ1v) is 10.1. The van der Waals surface area contributed by atoms with Gasteiger partial charge in [0.25, 0.3) is 0 Å². The van der Waals surface area contributed by atoms with Crippen LogP contribution in [0.3, 0.4) is 0 Å². The molecule has 144 valence electrons. The van der Waals surface area contributed by atoms with Crippen molar-refractivity contribution < 1.29 is 4.79 Å². The Bertz CT molecular complexity index is 1000. The number of fused-ring (bicyclic) bond motifs is 1. The van der Waals surface area contributed by atoms with Crippen molar-refractivity contribution in [3.63, 3.8) is 0 Å². The van der Waals surface area contributed by atoms with Crippen LogP contribution in [0.2, 0.25) is 0 Å². The summed E-state index contributed by atoms with van der Waals surface area (Å²) in [5, 5.41) is 0. The predicted octanol–water partition coefficient (Wildman–Crippen LogP) is 3.45. The van der Waals surface area contributed by atoms with Crippen molar-refractivity contribution in [3.8, 4) is 0 Å². The predicted molar refractivity (Wildman–Crippen MR) is 111 cm³/mol. The number of imidazole rings is 1. The molecule has 1 aliphatic carbocycles. The average molecular weight is 375 g/mol.